The number of pyridine rings is 1. The summed E-state index contributed by atoms with van der Waals surface area (Å²) < 4.78 is 49.5. The summed E-state index contributed by atoms with van der Waals surface area (Å²) in [5, 5.41) is 0. The zero-order valence-corrected chi connectivity index (χ0v) is 12.1. The number of hydrogen-bond acceptors (Lipinski definition) is 3. The van der Waals surface area contributed by atoms with Gasteiger partial charge in [0.1, 0.15) is 6.54 Å². The van der Waals surface area contributed by atoms with Crippen molar-refractivity contribution < 1.29 is 22.6 Å². The van der Waals surface area contributed by atoms with Gasteiger partial charge in [-0.2, -0.15) is 13.2 Å². The quantitative estimate of drug-likeness (QED) is 0.842. The van der Waals surface area contributed by atoms with Crippen molar-refractivity contribution in [1.29, 1.82) is 0 Å². The van der Waals surface area contributed by atoms with Crippen LogP contribution in [-0.4, -0.2) is 29.7 Å². The van der Waals surface area contributed by atoms with Crippen molar-refractivity contribution in [1.82, 2.24) is 4.57 Å². The largest absolute Gasteiger partial charge is 0.406 e. The third-order valence-corrected chi connectivity index (χ3v) is 4.39. The lowest BCUT2D eigenvalue weighted by molar-refractivity contribution is -0.178. The van der Waals surface area contributed by atoms with Crippen molar-refractivity contribution in [2.75, 3.05) is 13.2 Å². The van der Waals surface area contributed by atoms with Crippen LogP contribution in [0.1, 0.15) is 37.2 Å². The van der Waals surface area contributed by atoms with E-state index >= 15 is 0 Å². The van der Waals surface area contributed by atoms with E-state index in [4.69, 9.17) is 9.47 Å². The maximum atomic E-state index is 12.5. The summed E-state index contributed by atoms with van der Waals surface area (Å²) in [6.07, 6.45) is -0.0278. The summed E-state index contributed by atoms with van der Waals surface area (Å²) >= 11 is 0. The summed E-state index contributed by atoms with van der Waals surface area (Å²) in [6.45, 7) is -0.0508. The summed E-state index contributed by atoms with van der Waals surface area (Å²) in [4.78, 5) is 11.6. The molecule has 2 fully saturated rings. The van der Waals surface area contributed by atoms with Crippen molar-refractivity contribution in [3.05, 3.63) is 34.2 Å². The molecule has 0 amide bonds. The molecule has 1 aromatic rings. The molecular weight excluding hydrogens is 299 g/mol. The van der Waals surface area contributed by atoms with Gasteiger partial charge in [-0.3, -0.25) is 4.79 Å². The van der Waals surface area contributed by atoms with E-state index in [1.165, 1.54) is 12.3 Å². The smallest absolute Gasteiger partial charge is 0.348 e. The second kappa shape index (κ2) is 5.70. The minimum atomic E-state index is -4.40. The molecule has 1 spiro atoms. The highest BCUT2D eigenvalue weighted by Gasteiger charge is 2.40. The Balaban J connectivity index is 1.73. The van der Waals surface area contributed by atoms with Gasteiger partial charge in [-0.15, -0.1) is 0 Å². The second-order valence-corrected chi connectivity index (χ2v) is 5.93. The zero-order valence-electron chi connectivity index (χ0n) is 12.1. The first-order chi connectivity index (χ1) is 10.4. The fraction of sp³-hybridized carbons (Fsp3) is 0.667. The van der Waals surface area contributed by atoms with Gasteiger partial charge < -0.3 is 14.0 Å². The van der Waals surface area contributed by atoms with Gasteiger partial charge in [0.05, 0.1) is 13.2 Å². The molecule has 122 valence electrons. The molecule has 1 aliphatic heterocycles. The third-order valence-electron chi connectivity index (χ3n) is 4.39. The molecule has 22 heavy (non-hydrogen) atoms. The van der Waals surface area contributed by atoms with Crippen LogP contribution in [0.2, 0.25) is 0 Å². The monoisotopic (exact) mass is 317 g/mol. The SMILES string of the molecule is O=c1ccc(C2CCC3(CC2)OCCO3)cn1CC(F)(F)F. The Bertz CT molecular complexity index is 580. The number of rotatable bonds is 2. The lowest BCUT2D eigenvalue weighted by atomic mass is 9.81. The first-order valence-corrected chi connectivity index (χ1v) is 7.42. The van der Waals surface area contributed by atoms with E-state index in [2.05, 4.69) is 0 Å². The van der Waals surface area contributed by atoms with Crippen molar-refractivity contribution in [3.63, 3.8) is 0 Å². The standard InChI is InChI=1S/C15H18F3NO3/c16-15(17,18)10-19-9-12(1-2-13(19)20)11-3-5-14(6-4-11)21-7-8-22-14/h1-2,9,11H,3-8,10H2. The molecule has 0 atom stereocenters. The van der Waals surface area contributed by atoms with E-state index in [0.717, 1.165) is 35.8 Å². The van der Waals surface area contributed by atoms with Gasteiger partial charge in [-0.25, -0.2) is 0 Å². The highest BCUT2D eigenvalue weighted by Crippen LogP contribution is 2.42. The van der Waals surface area contributed by atoms with Crippen LogP contribution in [0.3, 0.4) is 0 Å². The van der Waals surface area contributed by atoms with Crippen LogP contribution < -0.4 is 5.56 Å². The van der Waals surface area contributed by atoms with Crippen LogP contribution in [0.15, 0.2) is 23.1 Å². The Labute approximate surface area is 125 Å². The maximum absolute atomic E-state index is 12.5. The zero-order chi connectivity index (χ0) is 15.8. The van der Waals surface area contributed by atoms with Crippen LogP contribution in [0, 0.1) is 0 Å². The first kappa shape index (κ1) is 15.6. The van der Waals surface area contributed by atoms with Crippen LogP contribution >= 0.6 is 0 Å². The minimum absolute atomic E-state index is 0.138. The van der Waals surface area contributed by atoms with Crippen molar-refractivity contribution in [3.8, 4) is 0 Å². The Morgan fingerprint density at radius 2 is 1.82 bits per heavy atom. The van der Waals surface area contributed by atoms with Crippen LogP contribution in [0.4, 0.5) is 13.2 Å². The molecule has 2 aliphatic rings. The van der Waals surface area contributed by atoms with E-state index in [9.17, 15) is 18.0 Å². The van der Waals surface area contributed by atoms with Gasteiger partial charge >= 0.3 is 6.18 Å². The third kappa shape index (κ3) is 3.35. The highest BCUT2D eigenvalue weighted by molar-refractivity contribution is 5.17. The van der Waals surface area contributed by atoms with Gasteiger partial charge in [-0.05, 0) is 24.3 Å². The number of aromatic nitrogens is 1. The average Bonchev–Trinajstić information content (AvgIpc) is 2.89. The highest BCUT2D eigenvalue weighted by atomic mass is 19.4. The molecule has 7 heteroatoms. The fourth-order valence-corrected chi connectivity index (χ4v) is 3.28. The Morgan fingerprint density at radius 3 is 2.41 bits per heavy atom. The topological polar surface area (TPSA) is 40.5 Å². The van der Waals surface area contributed by atoms with Gasteiger partial charge in [0, 0.05) is 25.1 Å². The summed E-state index contributed by atoms with van der Waals surface area (Å²) in [5.74, 6) is -0.352. The fourth-order valence-electron chi connectivity index (χ4n) is 3.28. The number of alkyl halides is 3. The van der Waals surface area contributed by atoms with Gasteiger partial charge in [0.25, 0.3) is 5.56 Å². The summed E-state index contributed by atoms with van der Waals surface area (Å²) in [5.41, 5.74) is 0.146. The summed E-state index contributed by atoms with van der Waals surface area (Å²) in [6, 6.07) is 2.85. The predicted octanol–water partition coefficient (Wildman–Crippen LogP) is 2.81. The molecule has 0 aromatic carbocycles. The van der Waals surface area contributed by atoms with E-state index in [0.29, 0.717) is 13.2 Å². The minimum Gasteiger partial charge on any atom is -0.348 e. The number of nitrogens with zero attached hydrogens (tertiary/aromatic N) is 1. The number of halogens is 3. The van der Waals surface area contributed by atoms with Gasteiger partial charge in [0.15, 0.2) is 5.79 Å². The average molecular weight is 317 g/mol. The molecule has 4 nitrogen and oxygen atoms in total. The van der Waals surface area contributed by atoms with Crippen molar-refractivity contribution in [2.45, 2.75) is 50.1 Å². The van der Waals surface area contributed by atoms with Crippen molar-refractivity contribution in [2.24, 2.45) is 0 Å². The molecule has 0 bridgehead atoms. The molecule has 1 saturated carbocycles. The Hall–Kier alpha value is -1.34. The normalized spacial score (nSPS) is 22.3. The molecule has 0 radical (unpaired) electrons. The lowest BCUT2D eigenvalue weighted by Gasteiger charge is -2.35. The first-order valence-electron chi connectivity index (χ1n) is 7.42. The van der Waals surface area contributed by atoms with Crippen LogP contribution in [0.25, 0.3) is 0 Å². The molecule has 1 aliphatic carbocycles. The molecule has 3 rings (SSSR count). The van der Waals surface area contributed by atoms with E-state index in [1.54, 1.807) is 6.07 Å². The lowest BCUT2D eigenvalue weighted by Crippen LogP contribution is -2.35. The summed E-state index contributed by atoms with van der Waals surface area (Å²) in [7, 11) is 0. The molecule has 1 saturated heterocycles. The molecule has 0 unspecified atom stereocenters. The molecule has 0 N–H and O–H groups in total. The Morgan fingerprint density at radius 1 is 1.18 bits per heavy atom. The molecule has 1 aromatic heterocycles. The predicted molar refractivity (Wildman–Crippen MR) is 72.6 cm³/mol. The number of hydrogen-bond donors (Lipinski definition) is 0. The Kier molecular flexibility index (Phi) is 4.03. The van der Waals surface area contributed by atoms with Crippen molar-refractivity contribution >= 4 is 0 Å². The van der Waals surface area contributed by atoms with E-state index in [-0.39, 0.29) is 5.92 Å². The van der Waals surface area contributed by atoms with Crippen LogP contribution in [0.5, 0.6) is 0 Å². The van der Waals surface area contributed by atoms with Crippen LogP contribution in [-0.2, 0) is 16.0 Å². The van der Waals surface area contributed by atoms with E-state index < -0.39 is 24.1 Å². The van der Waals surface area contributed by atoms with Gasteiger partial charge in [-0.1, -0.05) is 6.07 Å². The molecular formula is C15H18F3NO3. The number of ether oxygens (including phenoxy) is 2. The van der Waals surface area contributed by atoms with Gasteiger partial charge in [0.2, 0.25) is 0 Å². The molecule has 2 heterocycles. The maximum Gasteiger partial charge on any atom is 0.406 e. The van der Waals surface area contributed by atoms with E-state index in [1.807, 2.05) is 0 Å². The second-order valence-electron chi connectivity index (χ2n) is 5.93.